The van der Waals surface area contributed by atoms with Crippen LogP contribution in [0.5, 0.6) is 0 Å². The van der Waals surface area contributed by atoms with Crippen LogP contribution >= 0.6 is 11.8 Å². The van der Waals surface area contributed by atoms with Gasteiger partial charge in [0.05, 0.1) is 0 Å². The summed E-state index contributed by atoms with van der Waals surface area (Å²) in [6.07, 6.45) is -4.19. The van der Waals surface area contributed by atoms with Crippen molar-refractivity contribution in [2.75, 3.05) is 6.61 Å². The van der Waals surface area contributed by atoms with Gasteiger partial charge in [0.25, 0.3) is 0 Å². The molecule has 28 heavy (non-hydrogen) atoms. The van der Waals surface area contributed by atoms with Crippen LogP contribution in [0.3, 0.4) is 0 Å². The van der Waals surface area contributed by atoms with Crippen LogP contribution in [-0.2, 0) is 42.9 Å². The van der Waals surface area contributed by atoms with Crippen molar-refractivity contribution in [1.82, 2.24) is 0 Å². The van der Waals surface area contributed by atoms with Gasteiger partial charge in [0.1, 0.15) is 18.1 Å². The maximum atomic E-state index is 11.7. The van der Waals surface area contributed by atoms with E-state index in [1.165, 1.54) is 39.5 Å². The molecule has 1 aliphatic heterocycles. The second-order valence-corrected chi connectivity index (χ2v) is 9.22. The Morgan fingerprint density at radius 1 is 0.786 bits per heavy atom. The van der Waals surface area contributed by atoms with Gasteiger partial charge < -0.3 is 23.7 Å². The van der Waals surface area contributed by atoms with Crippen LogP contribution in [0.15, 0.2) is 0 Å². The fraction of sp³-hybridized carbons (Fsp3) is 0.778. The van der Waals surface area contributed by atoms with Crippen LogP contribution in [0.4, 0.5) is 0 Å². The number of carbonyl (C=O) groups excluding carboxylic acids is 4. The fourth-order valence-corrected chi connectivity index (χ4v) is 3.87. The molecule has 5 atom stereocenters. The minimum atomic E-state index is -1.13. The van der Waals surface area contributed by atoms with Crippen molar-refractivity contribution < 1.29 is 42.9 Å². The molecule has 0 N–H and O–H groups in total. The first-order valence-electron chi connectivity index (χ1n) is 8.78. The van der Waals surface area contributed by atoms with Crippen molar-refractivity contribution in [3.63, 3.8) is 0 Å². The van der Waals surface area contributed by atoms with Crippen LogP contribution in [0.25, 0.3) is 0 Å². The molecule has 10 heteroatoms. The average Bonchev–Trinajstić information content (AvgIpc) is 2.48. The van der Waals surface area contributed by atoms with Crippen molar-refractivity contribution in [2.24, 2.45) is 0 Å². The summed E-state index contributed by atoms with van der Waals surface area (Å²) < 4.78 is 26.8. The van der Waals surface area contributed by atoms with E-state index in [1.54, 1.807) is 0 Å². The van der Waals surface area contributed by atoms with E-state index in [9.17, 15) is 19.2 Å². The zero-order chi connectivity index (χ0) is 21.6. The Bertz CT molecular complexity index is 598. The zero-order valence-corrected chi connectivity index (χ0v) is 18.0. The van der Waals surface area contributed by atoms with E-state index in [0.717, 1.165) is 0 Å². The first kappa shape index (κ1) is 24.2. The highest BCUT2D eigenvalue weighted by Crippen LogP contribution is 2.39. The fourth-order valence-electron chi connectivity index (χ4n) is 2.63. The Morgan fingerprint density at radius 3 is 1.68 bits per heavy atom. The summed E-state index contributed by atoms with van der Waals surface area (Å²) >= 11 is 1.35. The Labute approximate surface area is 168 Å². The molecule has 160 valence electrons. The Morgan fingerprint density at radius 2 is 1.25 bits per heavy atom. The smallest absolute Gasteiger partial charge is 0.303 e. The number of thioether (sulfide) groups is 1. The normalized spacial score (nSPS) is 27.5. The van der Waals surface area contributed by atoms with E-state index in [2.05, 4.69) is 0 Å². The van der Waals surface area contributed by atoms with Crippen LogP contribution in [0.2, 0.25) is 0 Å². The summed E-state index contributed by atoms with van der Waals surface area (Å²) in [5.74, 6) is -2.45. The summed E-state index contributed by atoms with van der Waals surface area (Å²) in [7, 11) is 0. The highest BCUT2D eigenvalue weighted by molar-refractivity contribution is 8.01. The molecule has 9 nitrogen and oxygen atoms in total. The third-order valence-electron chi connectivity index (χ3n) is 3.42. The lowest BCUT2D eigenvalue weighted by Crippen LogP contribution is -2.62. The number of hydrogen-bond donors (Lipinski definition) is 0. The van der Waals surface area contributed by atoms with Gasteiger partial charge >= 0.3 is 23.9 Å². The summed E-state index contributed by atoms with van der Waals surface area (Å²) in [5.41, 5.74) is -0.749. The number of hydrogen-bond acceptors (Lipinski definition) is 10. The third kappa shape index (κ3) is 8.05. The van der Waals surface area contributed by atoms with E-state index in [1.807, 2.05) is 20.8 Å². The molecule has 0 aliphatic carbocycles. The van der Waals surface area contributed by atoms with Gasteiger partial charge in [0.2, 0.25) is 0 Å². The minimum Gasteiger partial charge on any atom is -0.463 e. The molecule has 0 aromatic carbocycles. The quantitative estimate of drug-likeness (QED) is 0.463. The lowest BCUT2D eigenvalue weighted by molar-refractivity contribution is -0.237. The molecule has 0 unspecified atom stereocenters. The highest BCUT2D eigenvalue weighted by atomic mass is 32.2. The first-order chi connectivity index (χ1) is 12.8. The molecule has 1 aliphatic rings. The standard InChI is InChI=1S/C18H28O9S/c1-9(19)23-8-13-14(24-10(2)20)15(25-11(3)21)16(26-12(4)22)17(27-13)28-18(5,6)7/h13-17H,8H2,1-7H3/t13-,14+,15+,16-,17+/m1/s1. The Kier molecular flexibility index (Phi) is 8.75. The van der Waals surface area contributed by atoms with E-state index in [-0.39, 0.29) is 11.4 Å². The molecule has 0 saturated carbocycles. The maximum absolute atomic E-state index is 11.7. The van der Waals surface area contributed by atoms with Crippen LogP contribution in [0.1, 0.15) is 48.5 Å². The summed E-state index contributed by atoms with van der Waals surface area (Å²) in [4.78, 5) is 46.3. The minimum absolute atomic E-state index is 0.223. The van der Waals surface area contributed by atoms with Crippen molar-refractivity contribution in [1.29, 1.82) is 0 Å². The second kappa shape index (κ2) is 10.1. The van der Waals surface area contributed by atoms with Gasteiger partial charge in [-0.3, -0.25) is 19.2 Å². The molecule has 1 heterocycles. The third-order valence-corrected chi connectivity index (χ3v) is 4.74. The van der Waals surface area contributed by atoms with E-state index >= 15 is 0 Å². The molecular weight excluding hydrogens is 392 g/mol. The lowest BCUT2D eigenvalue weighted by atomic mass is 9.99. The highest BCUT2D eigenvalue weighted by Gasteiger charge is 2.53. The van der Waals surface area contributed by atoms with E-state index < -0.39 is 53.7 Å². The van der Waals surface area contributed by atoms with Gasteiger partial charge in [-0.1, -0.05) is 20.8 Å². The van der Waals surface area contributed by atoms with Crippen molar-refractivity contribution >= 4 is 35.6 Å². The van der Waals surface area contributed by atoms with Gasteiger partial charge in [0, 0.05) is 32.4 Å². The van der Waals surface area contributed by atoms with E-state index in [0.29, 0.717) is 0 Å². The number of carbonyl (C=O) groups is 4. The van der Waals surface area contributed by atoms with Gasteiger partial charge in [-0.15, -0.1) is 11.8 Å². The molecule has 0 amide bonds. The van der Waals surface area contributed by atoms with E-state index in [4.69, 9.17) is 23.7 Å². The topological polar surface area (TPSA) is 114 Å². The average molecular weight is 420 g/mol. The van der Waals surface area contributed by atoms with Gasteiger partial charge in [-0.2, -0.15) is 0 Å². The SMILES string of the molecule is CC(=O)OC[C@H]1O[C@@H](SC(C)(C)C)[C@H](OC(C)=O)[C@@H](OC(C)=O)[C@H]1OC(C)=O. The number of ether oxygens (including phenoxy) is 5. The van der Waals surface area contributed by atoms with Gasteiger partial charge in [-0.25, -0.2) is 0 Å². The predicted molar refractivity (Wildman–Crippen MR) is 99.3 cm³/mol. The summed E-state index contributed by atoms with van der Waals surface area (Å²) in [5, 5.41) is 0. The summed E-state index contributed by atoms with van der Waals surface area (Å²) in [6.45, 7) is 10.4. The van der Waals surface area contributed by atoms with Crippen molar-refractivity contribution in [3.8, 4) is 0 Å². The van der Waals surface area contributed by atoms with Crippen molar-refractivity contribution in [3.05, 3.63) is 0 Å². The molecule has 0 bridgehead atoms. The molecule has 1 saturated heterocycles. The molecule has 0 aromatic rings. The van der Waals surface area contributed by atoms with Crippen LogP contribution in [-0.4, -0.2) is 65.1 Å². The van der Waals surface area contributed by atoms with Gasteiger partial charge in [0.15, 0.2) is 18.3 Å². The van der Waals surface area contributed by atoms with Crippen molar-refractivity contribution in [2.45, 2.75) is 83.1 Å². The molecule has 0 radical (unpaired) electrons. The molecular formula is C18H28O9S. The molecule has 0 aromatic heterocycles. The predicted octanol–water partition coefficient (Wildman–Crippen LogP) is 1.60. The molecule has 1 rings (SSSR count). The first-order valence-corrected chi connectivity index (χ1v) is 9.66. The Hall–Kier alpha value is -1.81. The second-order valence-electron chi connectivity index (χ2n) is 7.30. The largest absolute Gasteiger partial charge is 0.463 e. The molecule has 0 spiro atoms. The Balaban J connectivity index is 3.33. The summed E-state index contributed by atoms with van der Waals surface area (Å²) in [6, 6.07) is 0. The number of rotatable bonds is 6. The van der Waals surface area contributed by atoms with Gasteiger partial charge in [-0.05, 0) is 0 Å². The monoisotopic (exact) mass is 420 g/mol. The molecule has 1 fully saturated rings. The van der Waals surface area contributed by atoms with Crippen LogP contribution in [0, 0.1) is 0 Å². The zero-order valence-electron chi connectivity index (χ0n) is 17.2. The maximum Gasteiger partial charge on any atom is 0.303 e. The number of esters is 4. The lowest BCUT2D eigenvalue weighted by Gasteiger charge is -2.45. The van der Waals surface area contributed by atoms with Crippen LogP contribution < -0.4 is 0 Å².